The minimum Gasteiger partial charge on any atom is -0.466 e. The summed E-state index contributed by atoms with van der Waals surface area (Å²) in [5.74, 6) is -2.29. The molecule has 2 N–H and O–H groups in total. The van der Waals surface area contributed by atoms with E-state index in [1.54, 1.807) is 26.3 Å². The van der Waals surface area contributed by atoms with Gasteiger partial charge in [0.1, 0.15) is 23.9 Å². The van der Waals surface area contributed by atoms with Crippen LogP contribution in [-0.4, -0.2) is 78.6 Å². The van der Waals surface area contributed by atoms with Crippen LogP contribution < -0.4 is 10.6 Å². The first-order chi connectivity index (χ1) is 27.4. The Morgan fingerprint density at radius 1 is 0.860 bits per heavy atom. The van der Waals surface area contributed by atoms with Crippen molar-refractivity contribution in [2.45, 2.75) is 78.0 Å². The Morgan fingerprint density at radius 3 is 2.11 bits per heavy atom. The van der Waals surface area contributed by atoms with Crippen molar-refractivity contribution >= 4 is 41.2 Å². The standard InChI is InChI=1S/C44H52N4O8S/c1-7-54-43(52)28(4)21-31(22-30-15-9-8-10-16-30)46-41(51)37-26-57-42(47-37)39(56-29(5)49)23-38(27(2)3)48(6)40(50)24-45-44(53)55-25-36-34-19-13-11-17-32(34)33-18-12-14-20-35(33)36/h8-20,26-28,31,36,38-39H,7,21-25H2,1-6H3,(H,45,53)(H,46,51)/t28-,31-,38+,39+/m0/s1. The number of nitrogens with zero attached hydrogens (tertiary/aromatic N) is 2. The smallest absolute Gasteiger partial charge is 0.407 e. The van der Waals surface area contributed by atoms with Gasteiger partial charge in [0.25, 0.3) is 5.91 Å². The van der Waals surface area contributed by atoms with Gasteiger partial charge in [-0.2, -0.15) is 0 Å². The van der Waals surface area contributed by atoms with Crippen molar-refractivity contribution in [2.24, 2.45) is 11.8 Å². The third-order valence-electron chi connectivity index (χ3n) is 10.2. The van der Waals surface area contributed by atoms with Gasteiger partial charge >= 0.3 is 18.0 Å². The van der Waals surface area contributed by atoms with E-state index >= 15 is 0 Å². The van der Waals surface area contributed by atoms with Crippen molar-refractivity contribution in [2.75, 3.05) is 26.8 Å². The highest BCUT2D eigenvalue weighted by Crippen LogP contribution is 2.44. The van der Waals surface area contributed by atoms with Crippen molar-refractivity contribution < 1.29 is 38.2 Å². The number of nitrogens with one attached hydrogen (secondary N) is 2. The van der Waals surface area contributed by atoms with E-state index < -0.39 is 36.0 Å². The van der Waals surface area contributed by atoms with Crippen molar-refractivity contribution in [3.8, 4) is 11.1 Å². The van der Waals surface area contributed by atoms with Gasteiger partial charge in [0.2, 0.25) is 5.91 Å². The number of carbonyl (C=O) groups excluding carboxylic acids is 5. The highest BCUT2D eigenvalue weighted by atomic mass is 32.1. The Labute approximate surface area is 338 Å². The van der Waals surface area contributed by atoms with Gasteiger partial charge in [-0.15, -0.1) is 11.3 Å². The van der Waals surface area contributed by atoms with Crippen LogP contribution in [0.15, 0.2) is 84.2 Å². The van der Waals surface area contributed by atoms with Crippen LogP contribution in [0, 0.1) is 11.8 Å². The van der Waals surface area contributed by atoms with E-state index in [1.165, 1.54) is 23.2 Å². The molecule has 3 aromatic carbocycles. The number of rotatable bonds is 18. The van der Waals surface area contributed by atoms with Gasteiger partial charge in [0.05, 0.1) is 12.5 Å². The molecule has 0 fully saturated rings. The maximum atomic E-state index is 13.6. The summed E-state index contributed by atoms with van der Waals surface area (Å²) in [5, 5.41) is 7.65. The molecule has 1 aliphatic carbocycles. The van der Waals surface area contributed by atoms with Gasteiger partial charge in [0.15, 0.2) is 6.10 Å². The number of hydrogen-bond donors (Lipinski definition) is 2. The van der Waals surface area contributed by atoms with E-state index in [-0.39, 0.29) is 61.6 Å². The Hall–Kier alpha value is -5.56. The second-order valence-corrected chi connectivity index (χ2v) is 15.5. The lowest BCUT2D eigenvalue weighted by molar-refractivity contribution is -0.149. The molecule has 0 radical (unpaired) electrons. The van der Waals surface area contributed by atoms with Crippen molar-refractivity contribution in [3.05, 3.63) is 112 Å². The number of thiazole rings is 1. The molecule has 302 valence electrons. The number of alkyl carbamates (subject to hydrolysis) is 1. The summed E-state index contributed by atoms with van der Waals surface area (Å²) in [6.45, 7) is 8.81. The molecule has 57 heavy (non-hydrogen) atoms. The first-order valence-corrected chi connectivity index (χ1v) is 20.2. The predicted molar refractivity (Wildman–Crippen MR) is 218 cm³/mol. The van der Waals surface area contributed by atoms with Crippen molar-refractivity contribution in [1.82, 2.24) is 20.5 Å². The lowest BCUT2D eigenvalue weighted by atomic mass is 9.96. The first kappa shape index (κ1) is 42.6. The summed E-state index contributed by atoms with van der Waals surface area (Å²) < 4.78 is 16.6. The number of benzene rings is 3. The molecule has 0 spiro atoms. The fraction of sp³-hybridized carbons (Fsp3) is 0.409. The lowest BCUT2D eigenvalue weighted by Gasteiger charge is -2.33. The monoisotopic (exact) mass is 796 g/mol. The average molecular weight is 797 g/mol. The van der Waals surface area contributed by atoms with E-state index in [0.717, 1.165) is 27.8 Å². The predicted octanol–water partition coefficient (Wildman–Crippen LogP) is 7.09. The summed E-state index contributed by atoms with van der Waals surface area (Å²) in [7, 11) is 1.64. The molecule has 0 bridgehead atoms. The van der Waals surface area contributed by atoms with E-state index in [1.807, 2.05) is 80.6 Å². The van der Waals surface area contributed by atoms with Crippen LogP contribution in [-0.2, 0) is 35.0 Å². The van der Waals surface area contributed by atoms with Crippen LogP contribution in [0.3, 0.4) is 0 Å². The molecule has 4 atom stereocenters. The molecule has 0 saturated carbocycles. The topological polar surface area (TPSA) is 153 Å². The molecule has 0 unspecified atom stereocenters. The molecule has 13 heteroatoms. The fourth-order valence-electron chi connectivity index (χ4n) is 7.30. The molecule has 1 aromatic heterocycles. The Kier molecular flexibility index (Phi) is 15.0. The number of aromatic nitrogens is 1. The Balaban J connectivity index is 1.20. The van der Waals surface area contributed by atoms with Gasteiger partial charge in [-0.05, 0) is 53.5 Å². The van der Waals surface area contributed by atoms with Crippen LogP contribution in [0.4, 0.5) is 4.79 Å². The molecule has 1 heterocycles. The van der Waals surface area contributed by atoms with Gasteiger partial charge < -0.3 is 29.7 Å². The second-order valence-electron chi connectivity index (χ2n) is 14.6. The summed E-state index contributed by atoms with van der Waals surface area (Å²) in [6.07, 6.45) is -0.495. The zero-order valence-corrected chi connectivity index (χ0v) is 34.2. The highest BCUT2D eigenvalue weighted by Gasteiger charge is 2.32. The van der Waals surface area contributed by atoms with Gasteiger partial charge in [-0.1, -0.05) is 99.6 Å². The molecular weight excluding hydrogens is 745 g/mol. The number of likely N-dealkylation sites (N-methyl/N-ethyl adjacent to an activating group) is 1. The summed E-state index contributed by atoms with van der Waals surface area (Å²) in [6, 6.07) is 25.0. The second kappa shape index (κ2) is 20.0. The normalized spacial score (nSPS) is 14.0. The van der Waals surface area contributed by atoms with Gasteiger partial charge in [0, 0.05) is 43.8 Å². The summed E-state index contributed by atoms with van der Waals surface area (Å²) in [4.78, 5) is 70.8. The maximum absolute atomic E-state index is 13.6. The third kappa shape index (κ3) is 11.3. The largest absolute Gasteiger partial charge is 0.466 e. The van der Waals surface area contributed by atoms with Crippen molar-refractivity contribution in [1.29, 1.82) is 0 Å². The highest BCUT2D eigenvalue weighted by molar-refractivity contribution is 7.09. The quantitative estimate of drug-likeness (QED) is 0.0794. The first-order valence-electron chi connectivity index (χ1n) is 19.3. The Morgan fingerprint density at radius 2 is 1.49 bits per heavy atom. The van der Waals surface area contributed by atoms with E-state index in [4.69, 9.17) is 14.2 Å². The molecule has 0 aliphatic heterocycles. The van der Waals surface area contributed by atoms with E-state index in [9.17, 15) is 24.0 Å². The average Bonchev–Trinajstić information content (AvgIpc) is 3.81. The number of ether oxygens (including phenoxy) is 3. The summed E-state index contributed by atoms with van der Waals surface area (Å²) >= 11 is 1.18. The SMILES string of the molecule is CCOC(=O)[C@@H](C)C[C@@H](Cc1ccccc1)NC(=O)c1csc([C@@H](C[C@H](C(C)C)N(C)C(=O)CNC(=O)OCC2c3ccccc3-c3ccccc32)OC(C)=O)n1. The number of fused-ring (bicyclic) bond motifs is 3. The number of carbonyl (C=O) groups is 5. The van der Waals surface area contributed by atoms with Crippen LogP contribution in [0.25, 0.3) is 11.1 Å². The van der Waals surface area contributed by atoms with Crippen LogP contribution in [0.5, 0.6) is 0 Å². The van der Waals surface area contributed by atoms with Gasteiger partial charge in [-0.3, -0.25) is 19.2 Å². The zero-order chi connectivity index (χ0) is 41.1. The minimum absolute atomic E-state index is 0.0747. The molecule has 0 saturated heterocycles. The van der Waals surface area contributed by atoms with Crippen LogP contribution >= 0.6 is 11.3 Å². The zero-order valence-electron chi connectivity index (χ0n) is 33.4. The van der Waals surface area contributed by atoms with Crippen molar-refractivity contribution in [3.63, 3.8) is 0 Å². The maximum Gasteiger partial charge on any atom is 0.407 e. The molecule has 12 nitrogen and oxygen atoms in total. The van der Waals surface area contributed by atoms with E-state index in [2.05, 4.69) is 27.8 Å². The molecule has 3 amide bonds. The third-order valence-corrected chi connectivity index (χ3v) is 11.1. The molecule has 4 aromatic rings. The van der Waals surface area contributed by atoms with Crippen LogP contribution in [0.1, 0.15) is 91.7 Å². The fourth-order valence-corrected chi connectivity index (χ4v) is 8.14. The molecule has 1 aliphatic rings. The van der Waals surface area contributed by atoms with Crippen LogP contribution in [0.2, 0.25) is 0 Å². The number of hydrogen-bond acceptors (Lipinski definition) is 10. The lowest BCUT2D eigenvalue weighted by Crippen LogP contribution is -2.46. The van der Waals surface area contributed by atoms with Gasteiger partial charge in [-0.25, -0.2) is 9.78 Å². The molecule has 5 rings (SSSR count). The minimum atomic E-state index is -0.851. The Bertz CT molecular complexity index is 1970. The summed E-state index contributed by atoms with van der Waals surface area (Å²) in [5.41, 5.74) is 5.56. The number of esters is 2. The van der Waals surface area contributed by atoms with E-state index in [0.29, 0.717) is 17.8 Å². The molecular formula is C44H52N4O8S. The number of amides is 3.